The van der Waals surface area contributed by atoms with E-state index in [0.29, 0.717) is 24.2 Å². The average molecular weight is 478 g/mol. The number of benzene rings is 2. The van der Waals surface area contributed by atoms with Crippen LogP contribution in [-0.2, 0) is 20.9 Å². The number of rotatable bonds is 8. The maximum absolute atomic E-state index is 12.9. The molecule has 0 unspecified atom stereocenters. The largest absolute Gasteiger partial charge is 0.497 e. The molecule has 0 spiro atoms. The number of ether oxygens (including phenoxy) is 2. The zero-order valence-corrected chi connectivity index (χ0v) is 20.2. The molecule has 34 heavy (non-hydrogen) atoms. The number of hydrogen-bond donors (Lipinski definition) is 1. The zero-order valence-electron chi connectivity index (χ0n) is 19.4. The highest BCUT2D eigenvalue weighted by Gasteiger charge is 2.41. The third-order valence-electron chi connectivity index (χ3n) is 5.73. The number of methoxy groups -OCH3 is 2. The lowest BCUT2D eigenvalue weighted by Crippen LogP contribution is -2.38. The van der Waals surface area contributed by atoms with E-state index in [9.17, 15) is 9.59 Å². The molecule has 0 saturated carbocycles. The molecule has 0 aromatic heterocycles. The van der Waals surface area contributed by atoms with Crippen molar-refractivity contribution in [2.24, 2.45) is 4.99 Å². The number of amides is 1. The lowest BCUT2D eigenvalue weighted by Gasteiger charge is -2.36. The fourth-order valence-corrected chi connectivity index (χ4v) is 4.97. The van der Waals surface area contributed by atoms with Crippen LogP contribution in [0, 0.1) is 0 Å². The molecule has 0 saturated heterocycles. The van der Waals surface area contributed by atoms with Crippen LogP contribution in [0.4, 0.5) is 0 Å². The Hall–Kier alpha value is -3.52. The number of thioether (sulfide) groups is 1. The first kappa shape index (κ1) is 23.6. The molecule has 0 aliphatic carbocycles. The molecule has 176 valence electrons. The van der Waals surface area contributed by atoms with Crippen LogP contribution < -0.4 is 10.1 Å². The number of nitrogens with zero attached hydrogens (tertiary/aromatic N) is 2. The molecule has 0 bridgehead atoms. The molecule has 4 rings (SSSR count). The maximum atomic E-state index is 12.9. The van der Waals surface area contributed by atoms with Gasteiger partial charge >= 0.3 is 5.97 Å². The molecule has 8 heteroatoms. The van der Waals surface area contributed by atoms with E-state index in [-0.39, 0.29) is 12.3 Å². The molecule has 1 N–H and O–H groups in total. The minimum Gasteiger partial charge on any atom is -0.497 e. The summed E-state index contributed by atoms with van der Waals surface area (Å²) in [5.41, 5.74) is 3.88. The van der Waals surface area contributed by atoms with Gasteiger partial charge in [0.15, 0.2) is 5.17 Å². The fourth-order valence-electron chi connectivity index (χ4n) is 4.04. The summed E-state index contributed by atoms with van der Waals surface area (Å²) in [7, 11) is 2.99. The minimum atomic E-state index is -0.455. The molecular weight excluding hydrogens is 450 g/mol. The number of hydrogen-bond acceptors (Lipinski definition) is 7. The Balaban J connectivity index is 1.63. The van der Waals surface area contributed by atoms with Crippen molar-refractivity contribution in [3.63, 3.8) is 0 Å². The second-order valence-corrected chi connectivity index (χ2v) is 8.65. The van der Waals surface area contributed by atoms with Crippen LogP contribution in [0.1, 0.15) is 36.9 Å². The van der Waals surface area contributed by atoms with Crippen LogP contribution >= 0.6 is 11.8 Å². The highest BCUT2D eigenvalue weighted by Crippen LogP contribution is 2.45. The Morgan fingerprint density at radius 2 is 1.82 bits per heavy atom. The first-order valence-corrected chi connectivity index (χ1v) is 11.9. The summed E-state index contributed by atoms with van der Waals surface area (Å²) in [6.07, 6.45) is 0.753. The third-order valence-corrected chi connectivity index (χ3v) is 6.62. The Morgan fingerprint density at radius 1 is 1.09 bits per heavy atom. The van der Waals surface area contributed by atoms with Gasteiger partial charge in [0.1, 0.15) is 5.75 Å². The van der Waals surface area contributed by atoms with Gasteiger partial charge in [-0.15, -0.1) is 0 Å². The normalized spacial score (nSPS) is 17.0. The zero-order chi connectivity index (χ0) is 24.1. The van der Waals surface area contributed by atoms with Crippen LogP contribution in [0.15, 0.2) is 82.0 Å². The van der Waals surface area contributed by atoms with E-state index in [1.54, 1.807) is 7.11 Å². The summed E-state index contributed by atoms with van der Waals surface area (Å²) < 4.78 is 10.5. The summed E-state index contributed by atoms with van der Waals surface area (Å²) in [6.45, 7) is 2.42. The molecule has 2 aromatic rings. The predicted octanol–water partition coefficient (Wildman–Crippen LogP) is 4.54. The smallest absolute Gasteiger partial charge is 0.338 e. The molecule has 2 aliphatic rings. The van der Waals surface area contributed by atoms with Gasteiger partial charge in [0, 0.05) is 12.2 Å². The average Bonchev–Trinajstić information content (AvgIpc) is 3.28. The summed E-state index contributed by atoms with van der Waals surface area (Å²) in [6, 6.07) is 16.9. The van der Waals surface area contributed by atoms with Crippen molar-refractivity contribution in [2.75, 3.05) is 14.2 Å². The van der Waals surface area contributed by atoms with Crippen LogP contribution in [0.25, 0.3) is 0 Å². The molecule has 2 aromatic carbocycles. The third kappa shape index (κ3) is 4.87. The van der Waals surface area contributed by atoms with Crippen LogP contribution in [-0.4, -0.2) is 36.2 Å². The Bertz CT molecular complexity index is 1160. The molecule has 0 fully saturated rings. The molecular formula is C26H27N3O4S. The highest BCUT2D eigenvalue weighted by molar-refractivity contribution is 8.16. The number of carbonyl (C=O) groups is 2. The van der Waals surface area contributed by atoms with Gasteiger partial charge in [0.25, 0.3) is 0 Å². The summed E-state index contributed by atoms with van der Waals surface area (Å²) in [5, 5.41) is 5.66. The van der Waals surface area contributed by atoms with E-state index in [0.717, 1.165) is 27.7 Å². The van der Waals surface area contributed by atoms with Gasteiger partial charge in [0.05, 0.1) is 38.0 Å². The molecule has 1 amide bonds. The first-order chi connectivity index (χ1) is 16.5. The number of nitrogens with one attached hydrogen (secondary N) is 1. The quantitative estimate of drug-likeness (QED) is 0.563. The number of fused-ring (bicyclic) bond motifs is 1. The van der Waals surface area contributed by atoms with Crippen molar-refractivity contribution in [1.82, 2.24) is 10.2 Å². The van der Waals surface area contributed by atoms with Crippen LogP contribution in [0.5, 0.6) is 5.75 Å². The second kappa shape index (κ2) is 10.6. The number of allylic oxidation sites excluding steroid dienone is 1. The van der Waals surface area contributed by atoms with Crippen molar-refractivity contribution < 1.29 is 19.1 Å². The lowest BCUT2D eigenvalue weighted by molar-refractivity contribution is -0.136. The van der Waals surface area contributed by atoms with Gasteiger partial charge in [-0.05, 0) is 35.1 Å². The number of esters is 1. The van der Waals surface area contributed by atoms with E-state index in [1.807, 2.05) is 71.8 Å². The van der Waals surface area contributed by atoms with Gasteiger partial charge in [-0.25, -0.2) is 9.79 Å². The number of aliphatic imine (C=N–C) groups is 1. The van der Waals surface area contributed by atoms with Gasteiger partial charge in [-0.1, -0.05) is 61.2 Å². The first-order valence-electron chi connectivity index (χ1n) is 11.0. The highest BCUT2D eigenvalue weighted by atomic mass is 32.2. The molecule has 0 radical (unpaired) electrons. The standard InChI is InChI=1S/C26H27N3O4S/c1-4-21-23(25(31)33-3)24(18-10-12-20(32-2)13-11-18)29-19(16-34-26(29)28-21)14-22(30)27-15-17-8-6-5-7-9-17/h5-13,16,24H,4,14-15H2,1-3H3,(H,27,30)/t24-/m1/s1. The SMILES string of the molecule is CCC1=C(C(=O)OC)[C@@H](c2ccc(OC)cc2)N2C(CC(=O)NCc3ccccc3)=CSC2=N1. The summed E-state index contributed by atoms with van der Waals surface area (Å²) in [4.78, 5) is 32.5. The number of carbonyl (C=O) groups excluding carboxylic acids is 2. The molecule has 1 atom stereocenters. The molecule has 2 aliphatic heterocycles. The maximum Gasteiger partial charge on any atom is 0.338 e. The van der Waals surface area contributed by atoms with Crippen molar-refractivity contribution in [2.45, 2.75) is 32.4 Å². The van der Waals surface area contributed by atoms with Crippen LogP contribution in [0.3, 0.4) is 0 Å². The summed E-state index contributed by atoms with van der Waals surface area (Å²) in [5.74, 6) is 0.195. The van der Waals surface area contributed by atoms with E-state index in [4.69, 9.17) is 14.5 Å². The topological polar surface area (TPSA) is 80.2 Å². The number of amidine groups is 1. The van der Waals surface area contributed by atoms with Crippen molar-refractivity contribution in [3.8, 4) is 5.75 Å². The lowest BCUT2D eigenvalue weighted by atomic mass is 9.93. The van der Waals surface area contributed by atoms with Gasteiger partial charge < -0.3 is 19.7 Å². The fraction of sp³-hybridized carbons (Fsp3) is 0.269. The predicted molar refractivity (Wildman–Crippen MR) is 133 cm³/mol. The van der Waals surface area contributed by atoms with Crippen molar-refractivity contribution in [3.05, 3.63) is 88.1 Å². The Morgan fingerprint density at radius 3 is 2.47 bits per heavy atom. The molecule has 2 heterocycles. The van der Waals surface area contributed by atoms with Gasteiger partial charge in [-0.3, -0.25) is 4.79 Å². The van der Waals surface area contributed by atoms with Gasteiger partial charge in [0.2, 0.25) is 5.91 Å². The Labute approximate surface area is 203 Å². The van der Waals surface area contributed by atoms with E-state index in [1.165, 1.54) is 18.9 Å². The monoisotopic (exact) mass is 477 g/mol. The minimum absolute atomic E-state index is 0.102. The van der Waals surface area contributed by atoms with Crippen LogP contribution in [0.2, 0.25) is 0 Å². The van der Waals surface area contributed by atoms with Crippen molar-refractivity contribution in [1.29, 1.82) is 0 Å². The summed E-state index contributed by atoms with van der Waals surface area (Å²) >= 11 is 1.46. The van der Waals surface area contributed by atoms with Gasteiger partial charge in [-0.2, -0.15) is 0 Å². The molecule has 7 nitrogen and oxygen atoms in total. The van der Waals surface area contributed by atoms with Crippen molar-refractivity contribution >= 4 is 28.8 Å². The Kier molecular flexibility index (Phi) is 7.37. The van der Waals surface area contributed by atoms with E-state index >= 15 is 0 Å². The van der Waals surface area contributed by atoms with E-state index in [2.05, 4.69) is 5.32 Å². The second-order valence-electron chi connectivity index (χ2n) is 7.81. The van der Waals surface area contributed by atoms with E-state index < -0.39 is 12.0 Å².